The number of esters is 1. The van der Waals surface area contributed by atoms with E-state index in [-0.39, 0.29) is 41.6 Å². The highest BCUT2D eigenvalue weighted by atomic mass is 16.5. The average molecular weight is 515 g/mol. The molecule has 3 fully saturated rings. The summed E-state index contributed by atoms with van der Waals surface area (Å²) < 4.78 is 6.70. The SMILES string of the molecule is NC(=O)c1cc(C(=O)C[N+]23CCC(CC2)[C@@H](OC(=O)[C@H](Nc2ccccc2)c2ccccc2)C3)ccc1O. The Morgan fingerprint density at radius 3 is 2.29 bits per heavy atom. The summed E-state index contributed by atoms with van der Waals surface area (Å²) in [7, 11) is 0. The number of anilines is 1. The van der Waals surface area contributed by atoms with Gasteiger partial charge in [0.05, 0.1) is 18.7 Å². The Balaban J connectivity index is 1.31. The zero-order valence-electron chi connectivity index (χ0n) is 21.1. The Hall–Kier alpha value is -4.17. The summed E-state index contributed by atoms with van der Waals surface area (Å²) in [6.07, 6.45) is 1.45. The minimum atomic E-state index is -0.785. The molecule has 0 saturated carbocycles. The number of hydrogen-bond donors (Lipinski definition) is 3. The van der Waals surface area contributed by atoms with Crippen molar-refractivity contribution in [2.45, 2.75) is 25.0 Å². The van der Waals surface area contributed by atoms with Crippen molar-refractivity contribution < 1.29 is 28.7 Å². The van der Waals surface area contributed by atoms with Crippen molar-refractivity contribution in [3.63, 3.8) is 0 Å². The zero-order valence-corrected chi connectivity index (χ0v) is 21.1. The quantitative estimate of drug-likeness (QED) is 0.228. The third kappa shape index (κ3) is 5.40. The summed E-state index contributed by atoms with van der Waals surface area (Å²) in [4.78, 5) is 38.4. The lowest BCUT2D eigenvalue weighted by molar-refractivity contribution is -0.938. The van der Waals surface area contributed by atoms with E-state index in [0.29, 0.717) is 16.6 Å². The smallest absolute Gasteiger partial charge is 0.333 e. The molecule has 2 bridgehead atoms. The van der Waals surface area contributed by atoms with Crippen molar-refractivity contribution >= 4 is 23.3 Å². The van der Waals surface area contributed by atoms with E-state index >= 15 is 0 Å². The van der Waals surface area contributed by atoms with Gasteiger partial charge in [-0.15, -0.1) is 0 Å². The normalized spacial score (nSPS) is 22.8. The van der Waals surface area contributed by atoms with Crippen LogP contribution >= 0.6 is 0 Å². The Morgan fingerprint density at radius 2 is 1.63 bits per heavy atom. The van der Waals surface area contributed by atoms with Crippen LogP contribution < -0.4 is 11.1 Å². The van der Waals surface area contributed by atoms with Gasteiger partial charge in [-0.3, -0.25) is 9.59 Å². The van der Waals surface area contributed by atoms with Gasteiger partial charge in [0.1, 0.15) is 18.8 Å². The highest BCUT2D eigenvalue weighted by Crippen LogP contribution is 2.37. The third-order valence-corrected chi connectivity index (χ3v) is 7.83. The van der Waals surface area contributed by atoms with Crippen LogP contribution in [0.1, 0.15) is 45.2 Å². The number of Topliss-reactive ketones (excluding diaryl/α,β-unsaturated/α-hetero) is 1. The molecule has 3 aliphatic rings. The number of quaternary nitrogens is 1. The molecule has 0 aliphatic carbocycles. The lowest BCUT2D eigenvalue weighted by Crippen LogP contribution is -2.65. The summed E-state index contributed by atoms with van der Waals surface area (Å²) in [5.74, 6) is -1.24. The maximum atomic E-state index is 13.5. The number of ketones is 1. The number of benzene rings is 3. The van der Waals surface area contributed by atoms with Gasteiger partial charge < -0.3 is 25.4 Å². The molecule has 3 aromatic carbocycles. The molecule has 0 aromatic heterocycles. The standard InChI is InChI=1S/C30H31N3O5/c31-29(36)24-17-22(11-12-25(24)34)26(35)18-33-15-13-20(14-16-33)27(19-33)38-30(37)28(21-7-3-1-4-8-21)32-23-9-5-2-6-10-23/h1-12,17,20,27-28,32H,13-16,18-19H2,(H2-,31,34,35,36)/p+1/t20?,27-,28+,33?/m0/s1. The minimum Gasteiger partial charge on any atom is -0.507 e. The van der Waals surface area contributed by atoms with Crippen LogP contribution in [0.3, 0.4) is 0 Å². The molecule has 0 unspecified atom stereocenters. The summed E-state index contributed by atoms with van der Waals surface area (Å²) >= 11 is 0. The highest BCUT2D eigenvalue weighted by molar-refractivity contribution is 6.02. The molecule has 8 nitrogen and oxygen atoms in total. The first kappa shape index (κ1) is 25.5. The van der Waals surface area contributed by atoms with Crippen LogP contribution in [0.15, 0.2) is 78.9 Å². The largest absolute Gasteiger partial charge is 0.507 e. The molecule has 196 valence electrons. The van der Waals surface area contributed by atoms with E-state index in [9.17, 15) is 19.5 Å². The predicted molar refractivity (Wildman–Crippen MR) is 143 cm³/mol. The van der Waals surface area contributed by atoms with Gasteiger partial charge in [-0.1, -0.05) is 48.5 Å². The van der Waals surface area contributed by atoms with Crippen LogP contribution in [-0.4, -0.2) is 59.5 Å². The van der Waals surface area contributed by atoms with Crippen LogP contribution in [0.2, 0.25) is 0 Å². The molecule has 8 heteroatoms. The molecular formula is C30H32N3O5+. The van der Waals surface area contributed by atoms with Crippen LogP contribution in [0.25, 0.3) is 0 Å². The fourth-order valence-corrected chi connectivity index (χ4v) is 5.72. The molecule has 4 N–H and O–H groups in total. The van der Waals surface area contributed by atoms with Crippen molar-refractivity contribution in [1.29, 1.82) is 0 Å². The summed E-state index contributed by atoms with van der Waals surface area (Å²) in [5.41, 5.74) is 7.24. The molecule has 0 spiro atoms. The Kier molecular flexibility index (Phi) is 7.15. The molecule has 3 heterocycles. The lowest BCUT2D eigenvalue weighted by Gasteiger charge is -2.51. The third-order valence-electron chi connectivity index (χ3n) is 7.83. The molecule has 2 atom stereocenters. The van der Waals surface area contributed by atoms with Crippen LogP contribution in [0.4, 0.5) is 5.69 Å². The fourth-order valence-electron chi connectivity index (χ4n) is 5.72. The number of phenols is 1. The fraction of sp³-hybridized carbons (Fsp3) is 0.300. The lowest BCUT2D eigenvalue weighted by atomic mass is 9.82. The number of rotatable bonds is 9. The highest BCUT2D eigenvalue weighted by Gasteiger charge is 2.49. The first-order chi connectivity index (χ1) is 18.3. The van der Waals surface area contributed by atoms with Crippen molar-refractivity contribution in [2.24, 2.45) is 11.7 Å². The number of hydrogen-bond acceptors (Lipinski definition) is 6. The van der Waals surface area contributed by atoms with E-state index in [2.05, 4.69) is 5.32 Å². The van der Waals surface area contributed by atoms with Gasteiger partial charge in [0.2, 0.25) is 5.78 Å². The number of piperidine rings is 3. The number of para-hydroxylation sites is 1. The van der Waals surface area contributed by atoms with Gasteiger partial charge in [-0.2, -0.15) is 0 Å². The van der Waals surface area contributed by atoms with E-state index in [4.69, 9.17) is 10.5 Å². The van der Waals surface area contributed by atoms with Crippen LogP contribution in [0, 0.1) is 5.92 Å². The monoisotopic (exact) mass is 514 g/mol. The number of fused-ring (bicyclic) bond motifs is 3. The summed E-state index contributed by atoms with van der Waals surface area (Å²) in [6.45, 7) is 2.45. The average Bonchev–Trinajstić information content (AvgIpc) is 2.93. The second kappa shape index (κ2) is 10.7. The van der Waals surface area contributed by atoms with Crippen molar-refractivity contribution in [3.05, 3.63) is 95.6 Å². The van der Waals surface area contributed by atoms with E-state index in [1.165, 1.54) is 18.2 Å². The molecule has 3 saturated heterocycles. The van der Waals surface area contributed by atoms with Gasteiger partial charge in [-0.25, -0.2) is 4.79 Å². The second-order valence-corrected chi connectivity index (χ2v) is 10.3. The van der Waals surface area contributed by atoms with E-state index in [0.717, 1.165) is 37.2 Å². The van der Waals surface area contributed by atoms with Crippen molar-refractivity contribution in [2.75, 3.05) is 31.5 Å². The maximum Gasteiger partial charge on any atom is 0.333 e. The number of aromatic hydroxyl groups is 1. The minimum absolute atomic E-state index is 0.0714. The summed E-state index contributed by atoms with van der Waals surface area (Å²) in [6, 6.07) is 22.6. The van der Waals surface area contributed by atoms with Crippen molar-refractivity contribution in [1.82, 2.24) is 0 Å². The number of amides is 1. The Morgan fingerprint density at radius 1 is 0.974 bits per heavy atom. The van der Waals surface area contributed by atoms with E-state index < -0.39 is 11.9 Å². The molecule has 3 aliphatic heterocycles. The maximum absolute atomic E-state index is 13.5. The molecular weight excluding hydrogens is 482 g/mol. The van der Waals surface area contributed by atoms with Gasteiger partial charge >= 0.3 is 5.97 Å². The topological polar surface area (TPSA) is 119 Å². The molecule has 6 rings (SSSR count). The number of nitrogens with two attached hydrogens (primary N) is 1. The van der Waals surface area contributed by atoms with Gasteiger partial charge in [0.15, 0.2) is 12.1 Å². The molecule has 3 aromatic rings. The van der Waals surface area contributed by atoms with E-state index in [1.54, 1.807) is 0 Å². The number of carbonyl (C=O) groups is 3. The second-order valence-electron chi connectivity index (χ2n) is 10.3. The zero-order chi connectivity index (χ0) is 26.7. The number of nitrogens with one attached hydrogen (secondary N) is 1. The van der Waals surface area contributed by atoms with Gasteiger partial charge in [0.25, 0.3) is 5.91 Å². The first-order valence-corrected chi connectivity index (χ1v) is 12.9. The van der Waals surface area contributed by atoms with Gasteiger partial charge in [-0.05, 0) is 35.9 Å². The number of ether oxygens (including phenoxy) is 1. The molecule has 0 radical (unpaired) electrons. The Labute approximate surface area is 221 Å². The van der Waals surface area contributed by atoms with E-state index in [1.807, 2.05) is 60.7 Å². The first-order valence-electron chi connectivity index (χ1n) is 12.9. The van der Waals surface area contributed by atoms with Crippen molar-refractivity contribution in [3.8, 4) is 5.75 Å². The van der Waals surface area contributed by atoms with Gasteiger partial charge in [0, 0.05) is 30.0 Å². The number of primary amides is 1. The Bertz CT molecular complexity index is 1320. The number of nitrogens with zero attached hydrogens (tertiary/aromatic N) is 1. The predicted octanol–water partition coefficient (Wildman–Crippen LogP) is 3.68. The number of carbonyl (C=O) groups excluding carboxylic acids is 3. The van der Waals surface area contributed by atoms with Crippen LogP contribution in [-0.2, 0) is 9.53 Å². The molecule has 1 amide bonds. The van der Waals surface area contributed by atoms with Crippen LogP contribution in [0.5, 0.6) is 5.75 Å². The summed E-state index contributed by atoms with van der Waals surface area (Å²) in [5, 5.41) is 13.2. The molecule has 38 heavy (non-hydrogen) atoms.